The molecule has 0 spiro atoms. The summed E-state index contributed by atoms with van der Waals surface area (Å²) < 4.78 is 0. The molecule has 1 atom stereocenters. The van der Waals surface area contributed by atoms with Gasteiger partial charge in [0.1, 0.15) is 0 Å². The van der Waals surface area contributed by atoms with Crippen LogP contribution in [0.4, 0.5) is 0 Å². The van der Waals surface area contributed by atoms with Gasteiger partial charge in [-0.05, 0) is 34.0 Å². The van der Waals surface area contributed by atoms with Crippen LogP contribution in [0, 0.1) is 0 Å². The van der Waals surface area contributed by atoms with Crippen LogP contribution in [0.3, 0.4) is 0 Å². The largest absolute Gasteiger partial charge is 0.298 e. The van der Waals surface area contributed by atoms with E-state index >= 15 is 0 Å². The average molecular weight is 295 g/mol. The summed E-state index contributed by atoms with van der Waals surface area (Å²) in [4.78, 5) is 11.6. The van der Waals surface area contributed by atoms with Crippen molar-refractivity contribution < 1.29 is 4.79 Å². The lowest BCUT2D eigenvalue weighted by atomic mass is 9.87. The van der Waals surface area contributed by atoms with Crippen molar-refractivity contribution in [3.8, 4) is 0 Å². The Morgan fingerprint density at radius 1 is 0.952 bits per heavy atom. The normalized spacial score (nSPS) is 12.3. The zero-order valence-electron chi connectivity index (χ0n) is 11.7. The zero-order chi connectivity index (χ0) is 14.8. The van der Waals surface area contributed by atoms with E-state index in [1.165, 1.54) is 0 Å². The maximum Gasteiger partial charge on any atom is 0.150 e. The van der Waals surface area contributed by atoms with Gasteiger partial charge in [0.05, 0.1) is 0 Å². The molecule has 0 amide bonds. The van der Waals surface area contributed by atoms with E-state index in [1.54, 1.807) is 0 Å². The van der Waals surface area contributed by atoms with Gasteiger partial charge in [0.15, 0.2) is 6.29 Å². The van der Waals surface area contributed by atoms with Crippen molar-refractivity contribution in [3.63, 3.8) is 0 Å². The summed E-state index contributed by atoms with van der Waals surface area (Å²) in [7, 11) is 0. The molecule has 0 aromatic heterocycles. The topological polar surface area (TPSA) is 17.1 Å². The molecule has 0 heterocycles. The summed E-state index contributed by atoms with van der Waals surface area (Å²) >= 11 is 5.94. The zero-order valence-corrected chi connectivity index (χ0v) is 12.5. The molecule has 104 valence electrons. The maximum absolute atomic E-state index is 11.6. The number of fused-ring (bicyclic) bond motifs is 1. The van der Waals surface area contributed by atoms with Crippen molar-refractivity contribution in [2.24, 2.45) is 0 Å². The van der Waals surface area contributed by atoms with Crippen molar-refractivity contribution in [2.75, 3.05) is 0 Å². The summed E-state index contributed by atoms with van der Waals surface area (Å²) in [5.74, 6) is 0.145. The van der Waals surface area contributed by atoms with Gasteiger partial charge in [0.25, 0.3) is 0 Å². The molecule has 0 N–H and O–H groups in total. The summed E-state index contributed by atoms with van der Waals surface area (Å²) in [5, 5.41) is 2.82. The first-order valence-corrected chi connectivity index (χ1v) is 7.31. The van der Waals surface area contributed by atoms with Crippen LogP contribution in [0.5, 0.6) is 0 Å². The van der Waals surface area contributed by atoms with Gasteiger partial charge in [-0.25, -0.2) is 0 Å². The Hall–Kier alpha value is -2.12. The minimum absolute atomic E-state index is 0.145. The Bertz CT molecular complexity index is 790. The molecule has 3 aromatic rings. The predicted molar refractivity (Wildman–Crippen MR) is 88.3 cm³/mol. The standard InChI is InChI=1S/C19H15ClO/c1-13(14-6-9-16(20)10-7-14)17-11-8-15-4-2-3-5-18(15)19(17)12-21/h2-13H,1H3. The van der Waals surface area contributed by atoms with Crippen LogP contribution in [0.2, 0.25) is 5.02 Å². The third kappa shape index (κ3) is 2.57. The molecular formula is C19H15ClO. The van der Waals surface area contributed by atoms with Crippen molar-refractivity contribution in [2.45, 2.75) is 12.8 Å². The molecule has 0 radical (unpaired) electrons. The average Bonchev–Trinajstić information content (AvgIpc) is 2.53. The Morgan fingerprint density at radius 3 is 2.38 bits per heavy atom. The number of halogens is 1. The highest BCUT2D eigenvalue weighted by Crippen LogP contribution is 2.31. The number of benzene rings is 3. The lowest BCUT2D eigenvalue weighted by Crippen LogP contribution is -2.01. The van der Waals surface area contributed by atoms with E-state index in [0.717, 1.165) is 38.8 Å². The van der Waals surface area contributed by atoms with Gasteiger partial charge in [-0.3, -0.25) is 4.79 Å². The molecule has 0 aliphatic carbocycles. The van der Waals surface area contributed by atoms with Gasteiger partial charge in [-0.1, -0.05) is 67.1 Å². The van der Waals surface area contributed by atoms with E-state index in [0.29, 0.717) is 0 Å². The fraction of sp³-hybridized carbons (Fsp3) is 0.105. The van der Waals surface area contributed by atoms with Crippen LogP contribution in [-0.2, 0) is 0 Å². The minimum Gasteiger partial charge on any atom is -0.298 e. The quantitative estimate of drug-likeness (QED) is 0.586. The monoisotopic (exact) mass is 294 g/mol. The van der Waals surface area contributed by atoms with Crippen LogP contribution >= 0.6 is 11.6 Å². The van der Waals surface area contributed by atoms with E-state index < -0.39 is 0 Å². The molecule has 0 saturated carbocycles. The summed E-state index contributed by atoms with van der Waals surface area (Å²) in [6.07, 6.45) is 0.962. The lowest BCUT2D eigenvalue weighted by molar-refractivity contribution is 0.112. The Kier molecular flexibility index (Phi) is 3.76. The van der Waals surface area contributed by atoms with Crippen LogP contribution in [-0.4, -0.2) is 6.29 Å². The van der Waals surface area contributed by atoms with Crippen LogP contribution in [0.15, 0.2) is 60.7 Å². The van der Waals surface area contributed by atoms with Crippen molar-refractivity contribution in [1.29, 1.82) is 0 Å². The molecule has 21 heavy (non-hydrogen) atoms. The first-order valence-electron chi connectivity index (χ1n) is 6.93. The van der Waals surface area contributed by atoms with E-state index in [4.69, 9.17) is 11.6 Å². The van der Waals surface area contributed by atoms with Crippen LogP contribution < -0.4 is 0 Å². The Morgan fingerprint density at radius 2 is 1.67 bits per heavy atom. The van der Waals surface area contributed by atoms with E-state index in [-0.39, 0.29) is 5.92 Å². The fourth-order valence-electron chi connectivity index (χ4n) is 2.75. The molecule has 0 aliphatic rings. The predicted octanol–water partition coefficient (Wildman–Crippen LogP) is 5.46. The molecule has 3 rings (SSSR count). The first-order chi connectivity index (χ1) is 10.2. The number of hydrogen-bond acceptors (Lipinski definition) is 1. The maximum atomic E-state index is 11.6. The smallest absolute Gasteiger partial charge is 0.150 e. The van der Waals surface area contributed by atoms with E-state index in [2.05, 4.69) is 13.0 Å². The molecule has 2 heteroatoms. The molecule has 0 saturated heterocycles. The third-order valence-corrected chi connectivity index (χ3v) is 4.21. The molecular weight excluding hydrogens is 280 g/mol. The van der Waals surface area contributed by atoms with E-state index in [1.807, 2.05) is 54.6 Å². The number of hydrogen-bond donors (Lipinski definition) is 0. The molecule has 1 unspecified atom stereocenters. The van der Waals surface area contributed by atoms with Crippen LogP contribution in [0.25, 0.3) is 10.8 Å². The highest BCUT2D eigenvalue weighted by molar-refractivity contribution is 6.30. The van der Waals surface area contributed by atoms with Crippen molar-refractivity contribution >= 4 is 28.7 Å². The van der Waals surface area contributed by atoms with Gasteiger partial charge in [0.2, 0.25) is 0 Å². The number of rotatable bonds is 3. The van der Waals surface area contributed by atoms with Crippen molar-refractivity contribution in [1.82, 2.24) is 0 Å². The summed E-state index contributed by atoms with van der Waals surface area (Å²) in [6.45, 7) is 2.11. The highest BCUT2D eigenvalue weighted by atomic mass is 35.5. The Balaban J connectivity index is 2.15. The molecule has 1 nitrogen and oxygen atoms in total. The van der Waals surface area contributed by atoms with E-state index in [9.17, 15) is 4.79 Å². The highest BCUT2D eigenvalue weighted by Gasteiger charge is 2.14. The van der Waals surface area contributed by atoms with Gasteiger partial charge in [0, 0.05) is 16.5 Å². The third-order valence-electron chi connectivity index (χ3n) is 3.96. The lowest BCUT2D eigenvalue weighted by Gasteiger charge is -2.16. The summed E-state index contributed by atoms with van der Waals surface area (Å²) in [5.41, 5.74) is 2.97. The van der Waals surface area contributed by atoms with Crippen molar-refractivity contribution in [3.05, 3.63) is 82.4 Å². The second kappa shape index (κ2) is 5.71. The number of carbonyl (C=O) groups excluding carboxylic acids is 1. The summed E-state index contributed by atoms with van der Waals surface area (Å²) in [6, 6.07) is 19.9. The van der Waals surface area contributed by atoms with Crippen LogP contribution in [0.1, 0.15) is 34.3 Å². The second-order valence-corrected chi connectivity index (χ2v) is 5.62. The fourth-order valence-corrected chi connectivity index (χ4v) is 2.88. The first kappa shape index (κ1) is 13.8. The van der Waals surface area contributed by atoms with Gasteiger partial charge >= 0.3 is 0 Å². The minimum atomic E-state index is 0.145. The number of aldehydes is 1. The van der Waals surface area contributed by atoms with Gasteiger partial charge in [-0.2, -0.15) is 0 Å². The SMILES string of the molecule is CC(c1ccc(Cl)cc1)c1ccc2ccccc2c1C=O. The Labute approximate surface area is 129 Å². The molecule has 3 aromatic carbocycles. The molecule has 0 fully saturated rings. The van der Waals surface area contributed by atoms with Gasteiger partial charge < -0.3 is 0 Å². The number of carbonyl (C=O) groups is 1. The second-order valence-electron chi connectivity index (χ2n) is 5.18. The van der Waals surface area contributed by atoms with Gasteiger partial charge in [-0.15, -0.1) is 0 Å². The molecule has 0 aliphatic heterocycles. The molecule has 0 bridgehead atoms.